The molecule has 2 atom stereocenters. The lowest BCUT2D eigenvalue weighted by Crippen LogP contribution is -2.32. The van der Waals surface area contributed by atoms with Crippen molar-refractivity contribution in [1.82, 2.24) is 0 Å². The smallest absolute Gasteiger partial charge is 0.0738 e. The highest BCUT2D eigenvalue weighted by molar-refractivity contribution is 5.43. The Balaban J connectivity index is 2.57. The lowest BCUT2D eigenvalue weighted by Gasteiger charge is -2.22. The van der Waals surface area contributed by atoms with Gasteiger partial charge >= 0.3 is 0 Å². The second-order valence-corrected chi connectivity index (χ2v) is 3.50. The van der Waals surface area contributed by atoms with Crippen molar-refractivity contribution in [2.45, 2.75) is 38.8 Å². The van der Waals surface area contributed by atoms with Crippen LogP contribution in [0.1, 0.15) is 26.7 Å². The summed E-state index contributed by atoms with van der Waals surface area (Å²) in [6.07, 6.45) is 1.46. The highest BCUT2D eigenvalue weighted by atomic mass is 16.3. The molecule has 78 valence electrons. The number of hydrogen-bond donors (Lipinski definition) is 2. The van der Waals surface area contributed by atoms with Crippen LogP contribution in [0.4, 0.5) is 5.69 Å². The second-order valence-electron chi connectivity index (χ2n) is 3.50. The largest absolute Gasteiger partial charge is 0.391 e. The molecular weight excluding hydrogens is 174 g/mol. The third-order valence-corrected chi connectivity index (χ3v) is 2.45. The van der Waals surface area contributed by atoms with Crippen molar-refractivity contribution >= 4 is 5.69 Å². The van der Waals surface area contributed by atoms with Crippen molar-refractivity contribution in [2.24, 2.45) is 0 Å². The van der Waals surface area contributed by atoms with Gasteiger partial charge in [0, 0.05) is 5.69 Å². The van der Waals surface area contributed by atoms with Crippen molar-refractivity contribution in [3.8, 4) is 0 Å². The zero-order valence-electron chi connectivity index (χ0n) is 8.90. The van der Waals surface area contributed by atoms with Crippen LogP contribution < -0.4 is 5.32 Å². The summed E-state index contributed by atoms with van der Waals surface area (Å²) in [5.74, 6) is 0. The zero-order valence-corrected chi connectivity index (χ0v) is 8.90. The Morgan fingerprint density at radius 3 is 2.29 bits per heavy atom. The highest BCUT2D eigenvalue weighted by Gasteiger charge is 2.14. The molecule has 0 aliphatic carbocycles. The van der Waals surface area contributed by atoms with Gasteiger partial charge in [-0.25, -0.2) is 0 Å². The van der Waals surface area contributed by atoms with Gasteiger partial charge in [0.15, 0.2) is 0 Å². The molecule has 0 spiro atoms. The Morgan fingerprint density at radius 1 is 1.14 bits per heavy atom. The molecule has 0 unspecified atom stereocenters. The van der Waals surface area contributed by atoms with Crippen molar-refractivity contribution in [3.05, 3.63) is 30.3 Å². The van der Waals surface area contributed by atoms with Crippen molar-refractivity contribution < 1.29 is 5.11 Å². The summed E-state index contributed by atoms with van der Waals surface area (Å²) in [5, 5.41) is 13.0. The van der Waals surface area contributed by atoms with Crippen LogP contribution in [0.5, 0.6) is 0 Å². The van der Waals surface area contributed by atoms with E-state index in [1.807, 2.05) is 37.3 Å². The lowest BCUT2D eigenvalue weighted by molar-refractivity contribution is 0.146. The first-order valence-electron chi connectivity index (χ1n) is 5.27. The van der Waals surface area contributed by atoms with Crippen LogP contribution in [-0.2, 0) is 0 Å². The third-order valence-electron chi connectivity index (χ3n) is 2.45. The Hall–Kier alpha value is -1.02. The minimum atomic E-state index is -0.264. The minimum absolute atomic E-state index is 0.155. The number of benzene rings is 1. The summed E-state index contributed by atoms with van der Waals surface area (Å²) >= 11 is 0. The van der Waals surface area contributed by atoms with Gasteiger partial charge in [-0.2, -0.15) is 0 Å². The van der Waals surface area contributed by atoms with Crippen LogP contribution in [0.15, 0.2) is 30.3 Å². The predicted molar refractivity (Wildman–Crippen MR) is 60.4 cm³/mol. The van der Waals surface area contributed by atoms with Crippen LogP contribution in [0, 0.1) is 0 Å². The molecule has 14 heavy (non-hydrogen) atoms. The monoisotopic (exact) mass is 193 g/mol. The topological polar surface area (TPSA) is 32.3 Å². The molecule has 0 heterocycles. The summed E-state index contributed by atoms with van der Waals surface area (Å²) in [7, 11) is 0. The van der Waals surface area contributed by atoms with E-state index in [-0.39, 0.29) is 12.1 Å². The number of nitrogens with one attached hydrogen (secondary N) is 1. The molecular formula is C12H19NO. The predicted octanol–water partition coefficient (Wildman–Crippen LogP) is 2.65. The van der Waals surface area contributed by atoms with Gasteiger partial charge in [-0.15, -0.1) is 0 Å². The van der Waals surface area contributed by atoms with Crippen molar-refractivity contribution in [3.63, 3.8) is 0 Å². The van der Waals surface area contributed by atoms with Crippen molar-refractivity contribution in [2.75, 3.05) is 5.32 Å². The van der Waals surface area contributed by atoms with E-state index in [1.165, 1.54) is 0 Å². The fraction of sp³-hybridized carbons (Fsp3) is 0.500. The molecule has 0 aromatic heterocycles. The Bertz CT molecular complexity index is 248. The number of aliphatic hydroxyl groups excluding tert-OH is 1. The van der Waals surface area contributed by atoms with Crippen LogP contribution in [0.2, 0.25) is 0 Å². The average Bonchev–Trinajstić information content (AvgIpc) is 2.26. The van der Waals surface area contributed by atoms with E-state index in [1.54, 1.807) is 0 Å². The molecule has 2 heteroatoms. The summed E-state index contributed by atoms with van der Waals surface area (Å²) < 4.78 is 0. The zero-order chi connectivity index (χ0) is 10.4. The van der Waals surface area contributed by atoms with E-state index in [4.69, 9.17) is 0 Å². The van der Waals surface area contributed by atoms with Gasteiger partial charge < -0.3 is 10.4 Å². The van der Waals surface area contributed by atoms with Gasteiger partial charge in [-0.1, -0.05) is 32.0 Å². The Labute approximate surface area is 86.0 Å². The number of aliphatic hydroxyl groups is 1. The Morgan fingerprint density at radius 2 is 1.79 bits per heavy atom. The maximum atomic E-state index is 9.72. The van der Waals surface area contributed by atoms with Gasteiger partial charge in [-0.3, -0.25) is 0 Å². The molecule has 0 aliphatic heterocycles. The van der Waals surface area contributed by atoms with E-state index < -0.39 is 0 Å². The van der Waals surface area contributed by atoms with Crippen LogP contribution >= 0.6 is 0 Å². The minimum Gasteiger partial charge on any atom is -0.391 e. The maximum Gasteiger partial charge on any atom is 0.0738 e. The summed E-state index contributed by atoms with van der Waals surface area (Å²) in [5.41, 5.74) is 1.08. The number of hydrogen-bond acceptors (Lipinski definition) is 2. The third kappa shape index (κ3) is 3.04. The molecule has 0 bridgehead atoms. The van der Waals surface area contributed by atoms with Crippen LogP contribution in [-0.4, -0.2) is 17.3 Å². The fourth-order valence-corrected chi connectivity index (χ4v) is 1.50. The molecule has 0 saturated carbocycles. The molecule has 1 rings (SSSR count). The van der Waals surface area contributed by atoms with Crippen molar-refractivity contribution in [1.29, 1.82) is 0 Å². The van der Waals surface area contributed by atoms with Gasteiger partial charge in [0.25, 0.3) is 0 Å². The summed E-state index contributed by atoms with van der Waals surface area (Å²) in [6, 6.07) is 10.2. The van der Waals surface area contributed by atoms with Crippen LogP contribution in [0.3, 0.4) is 0 Å². The SMILES string of the molecule is CC[C@@H](O)[C@@H](CC)Nc1ccccc1. The van der Waals surface area contributed by atoms with E-state index in [0.29, 0.717) is 0 Å². The highest BCUT2D eigenvalue weighted by Crippen LogP contribution is 2.12. The van der Waals surface area contributed by atoms with E-state index in [2.05, 4.69) is 12.2 Å². The first kappa shape index (κ1) is 11.1. The van der Waals surface area contributed by atoms with Gasteiger partial charge in [0.1, 0.15) is 0 Å². The number of anilines is 1. The fourth-order valence-electron chi connectivity index (χ4n) is 1.50. The summed E-state index contributed by atoms with van der Waals surface area (Å²) in [6.45, 7) is 4.08. The summed E-state index contributed by atoms with van der Waals surface area (Å²) in [4.78, 5) is 0. The molecule has 0 amide bonds. The van der Waals surface area contributed by atoms with E-state index >= 15 is 0 Å². The van der Waals surface area contributed by atoms with Gasteiger partial charge in [0.2, 0.25) is 0 Å². The molecule has 2 N–H and O–H groups in total. The molecule has 0 aliphatic rings. The standard InChI is InChI=1S/C12H19NO/c1-3-11(12(14)4-2)13-10-8-6-5-7-9-10/h5-9,11-14H,3-4H2,1-2H3/t11-,12-/m1/s1. The number of para-hydroxylation sites is 1. The molecule has 0 saturated heterocycles. The number of rotatable bonds is 5. The molecule has 0 fully saturated rings. The first-order valence-corrected chi connectivity index (χ1v) is 5.27. The normalized spacial score (nSPS) is 14.8. The second kappa shape index (κ2) is 5.66. The Kier molecular flexibility index (Phi) is 4.47. The van der Waals surface area contributed by atoms with E-state index in [0.717, 1.165) is 18.5 Å². The molecule has 1 aromatic rings. The van der Waals surface area contributed by atoms with Gasteiger partial charge in [-0.05, 0) is 25.0 Å². The molecule has 1 aromatic carbocycles. The van der Waals surface area contributed by atoms with E-state index in [9.17, 15) is 5.11 Å². The first-order chi connectivity index (χ1) is 6.77. The molecule has 0 radical (unpaired) electrons. The van der Waals surface area contributed by atoms with Crippen LogP contribution in [0.25, 0.3) is 0 Å². The maximum absolute atomic E-state index is 9.72. The molecule has 2 nitrogen and oxygen atoms in total. The quantitative estimate of drug-likeness (QED) is 0.753. The van der Waals surface area contributed by atoms with Gasteiger partial charge in [0.05, 0.1) is 12.1 Å². The average molecular weight is 193 g/mol. The lowest BCUT2D eigenvalue weighted by atomic mass is 10.1.